The number of nitrogens with one attached hydrogen (secondary N) is 1. The number of carbonyl (C=O) groups excluding carboxylic acids is 1. The summed E-state index contributed by atoms with van der Waals surface area (Å²) < 4.78 is 15.7. The molecule has 0 bridgehead atoms. The molecular formula is C15H15ClN2O4. The number of rotatable bonds is 5. The molecule has 0 saturated heterocycles. The number of benzene rings is 1. The number of halogens is 1. The number of pyridine rings is 1. The van der Waals surface area contributed by atoms with Gasteiger partial charge in [-0.3, -0.25) is 4.79 Å². The Balaban J connectivity index is 2.34. The fourth-order valence-corrected chi connectivity index (χ4v) is 2.03. The van der Waals surface area contributed by atoms with Crippen LogP contribution in [0.25, 0.3) is 0 Å². The molecule has 6 nitrogen and oxygen atoms in total. The van der Waals surface area contributed by atoms with E-state index in [4.69, 9.17) is 25.8 Å². The minimum atomic E-state index is -0.382. The zero-order valence-corrected chi connectivity index (χ0v) is 13.1. The van der Waals surface area contributed by atoms with Crippen molar-refractivity contribution >= 4 is 23.3 Å². The van der Waals surface area contributed by atoms with E-state index in [1.807, 2.05) is 0 Å². The summed E-state index contributed by atoms with van der Waals surface area (Å²) in [5.41, 5.74) is 0.303. The molecule has 1 aromatic carbocycles. The number of nitrogens with zero attached hydrogens (tertiary/aromatic N) is 1. The van der Waals surface area contributed by atoms with Gasteiger partial charge in [0, 0.05) is 6.20 Å². The van der Waals surface area contributed by atoms with E-state index in [0.717, 1.165) is 0 Å². The van der Waals surface area contributed by atoms with Gasteiger partial charge >= 0.3 is 0 Å². The van der Waals surface area contributed by atoms with E-state index >= 15 is 0 Å². The second kappa shape index (κ2) is 7.00. The first-order valence-corrected chi connectivity index (χ1v) is 6.70. The molecule has 0 aliphatic rings. The first kappa shape index (κ1) is 15.9. The summed E-state index contributed by atoms with van der Waals surface area (Å²) in [4.78, 5) is 16.4. The Labute approximate surface area is 133 Å². The van der Waals surface area contributed by atoms with Crippen LogP contribution in [0.1, 0.15) is 10.4 Å². The van der Waals surface area contributed by atoms with E-state index < -0.39 is 0 Å². The van der Waals surface area contributed by atoms with Crippen molar-refractivity contribution < 1.29 is 19.0 Å². The van der Waals surface area contributed by atoms with Crippen LogP contribution < -0.4 is 19.5 Å². The number of hydrogen-bond donors (Lipinski definition) is 1. The van der Waals surface area contributed by atoms with Crippen LogP contribution in [-0.4, -0.2) is 32.2 Å². The molecule has 7 heteroatoms. The molecule has 116 valence electrons. The lowest BCUT2D eigenvalue weighted by atomic mass is 10.1. The first-order chi connectivity index (χ1) is 10.6. The lowest BCUT2D eigenvalue weighted by Crippen LogP contribution is -2.14. The molecule has 0 fully saturated rings. The average molecular weight is 323 g/mol. The molecular weight excluding hydrogens is 308 g/mol. The summed E-state index contributed by atoms with van der Waals surface area (Å²) >= 11 is 5.76. The van der Waals surface area contributed by atoms with Crippen LogP contribution in [0, 0.1) is 0 Å². The highest BCUT2D eigenvalue weighted by molar-refractivity contribution is 6.30. The second-order valence-corrected chi connectivity index (χ2v) is 4.63. The molecule has 0 aliphatic heterocycles. The molecule has 0 saturated carbocycles. The maximum absolute atomic E-state index is 12.4. The standard InChI is InChI=1S/C15H15ClN2O4/c1-20-11-6-5-10(13(21-2)14(11)22-3)15(19)18-12-7-4-9(16)8-17-12/h4-8H,1-3H3,(H,17,18,19). The van der Waals surface area contributed by atoms with Crippen molar-refractivity contribution in [1.82, 2.24) is 4.98 Å². The number of aromatic nitrogens is 1. The molecule has 0 unspecified atom stereocenters. The van der Waals surface area contributed by atoms with Crippen molar-refractivity contribution in [2.24, 2.45) is 0 Å². The van der Waals surface area contributed by atoms with Gasteiger partial charge in [0.2, 0.25) is 5.75 Å². The summed E-state index contributed by atoms with van der Waals surface area (Å²) in [7, 11) is 4.44. The Morgan fingerprint density at radius 2 is 1.77 bits per heavy atom. The molecule has 0 atom stereocenters. The van der Waals surface area contributed by atoms with Gasteiger partial charge in [0.25, 0.3) is 5.91 Å². The van der Waals surface area contributed by atoms with Crippen LogP contribution >= 0.6 is 11.6 Å². The van der Waals surface area contributed by atoms with Gasteiger partial charge in [0.15, 0.2) is 11.5 Å². The van der Waals surface area contributed by atoms with Crippen molar-refractivity contribution in [3.05, 3.63) is 41.0 Å². The highest BCUT2D eigenvalue weighted by atomic mass is 35.5. The predicted octanol–water partition coefficient (Wildman–Crippen LogP) is 3.01. The average Bonchev–Trinajstić information content (AvgIpc) is 2.55. The Morgan fingerprint density at radius 1 is 1.05 bits per heavy atom. The fraction of sp³-hybridized carbons (Fsp3) is 0.200. The van der Waals surface area contributed by atoms with E-state index in [1.54, 1.807) is 24.3 Å². The zero-order chi connectivity index (χ0) is 16.1. The summed E-state index contributed by atoms with van der Waals surface area (Å²) in [6.45, 7) is 0. The third-order valence-electron chi connectivity index (χ3n) is 2.92. The number of carbonyl (C=O) groups is 1. The molecule has 1 amide bonds. The molecule has 0 aliphatic carbocycles. The summed E-state index contributed by atoms with van der Waals surface area (Å²) in [5.74, 6) is 1.11. The predicted molar refractivity (Wildman–Crippen MR) is 83.3 cm³/mol. The topological polar surface area (TPSA) is 69.7 Å². The molecule has 1 aromatic heterocycles. The van der Waals surface area contributed by atoms with Gasteiger partial charge in [-0.25, -0.2) is 4.98 Å². The summed E-state index contributed by atoms with van der Waals surface area (Å²) in [5, 5.41) is 3.15. The van der Waals surface area contributed by atoms with Crippen LogP contribution in [0.15, 0.2) is 30.5 Å². The number of hydrogen-bond acceptors (Lipinski definition) is 5. The Bertz CT molecular complexity index is 674. The number of amides is 1. The minimum absolute atomic E-state index is 0.285. The van der Waals surface area contributed by atoms with Crippen LogP contribution in [0.5, 0.6) is 17.2 Å². The third kappa shape index (κ3) is 3.23. The van der Waals surface area contributed by atoms with Crippen LogP contribution in [0.2, 0.25) is 5.02 Å². The number of methoxy groups -OCH3 is 3. The van der Waals surface area contributed by atoms with Crippen molar-refractivity contribution in [3.8, 4) is 17.2 Å². The molecule has 0 spiro atoms. The van der Waals surface area contributed by atoms with E-state index in [2.05, 4.69) is 10.3 Å². The van der Waals surface area contributed by atoms with Gasteiger partial charge in [-0.05, 0) is 24.3 Å². The minimum Gasteiger partial charge on any atom is -0.493 e. The zero-order valence-electron chi connectivity index (χ0n) is 12.3. The Kier molecular flexibility index (Phi) is 5.06. The quantitative estimate of drug-likeness (QED) is 0.916. The van der Waals surface area contributed by atoms with Crippen molar-refractivity contribution in [2.45, 2.75) is 0 Å². The van der Waals surface area contributed by atoms with Gasteiger partial charge in [-0.2, -0.15) is 0 Å². The molecule has 0 radical (unpaired) electrons. The van der Waals surface area contributed by atoms with E-state index in [-0.39, 0.29) is 11.7 Å². The summed E-state index contributed by atoms with van der Waals surface area (Å²) in [6.07, 6.45) is 1.45. The van der Waals surface area contributed by atoms with Gasteiger partial charge in [0.05, 0.1) is 31.9 Å². The molecule has 1 heterocycles. The van der Waals surface area contributed by atoms with Crippen molar-refractivity contribution in [1.29, 1.82) is 0 Å². The van der Waals surface area contributed by atoms with Gasteiger partial charge in [-0.15, -0.1) is 0 Å². The maximum atomic E-state index is 12.4. The van der Waals surface area contributed by atoms with Crippen LogP contribution in [0.3, 0.4) is 0 Å². The highest BCUT2D eigenvalue weighted by Gasteiger charge is 2.20. The summed E-state index contributed by atoms with van der Waals surface area (Å²) in [6, 6.07) is 6.46. The highest BCUT2D eigenvalue weighted by Crippen LogP contribution is 2.39. The molecule has 22 heavy (non-hydrogen) atoms. The van der Waals surface area contributed by atoms with E-state index in [1.165, 1.54) is 27.5 Å². The number of anilines is 1. The van der Waals surface area contributed by atoms with Gasteiger partial charge < -0.3 is 19.5 Å². The maximum Gasteiger partial charge on any atom is 0.260 e. The van der Waals surface area contributed by atoms with E-state index in [9.17, 15) is 4.79 Å². The van der Waals surface area contributed by atoms with Gasteiger partial charge in [0.1, 0.15) is 5.82 Å². The fourth-order valence-electron chi connectivity index (χ4n) is 1.91. The molecule has 2 rings (SSSR count). The smallest absolute Gasteiger partial charge is 0.260 e. The monoisotopic (exact) mass is 322 g/mol. The third-order valence-corrected chi connectivity index (χ3v) is 3.14. The number of ether oxygens (including phenoxy) is 3. The lowest BCUT2D eigenvalue weighted by molar-refractivity contribution is 0.102. The van der Waals surface area contributed by atoms with Crippen molar-refractivity contribution in [3.63, 3.8) is 0 Å². The van der Waals surface area contributed by atoms with Crippen LogP contribution in [-0.2, 0) is 0 Å². The Hall–Kier alpha value is -2.47. The molecule has 2 aromatic rings. The van der Waals surface area contributed by atoms with E-state index in [0.29, 0.717) is 27.9 Å². The molecule has 1 N–H and O–H groups in total. The SMILES string of the molecule is COc1ccc(C(=O)Nc2ccc(Cl)cn2)c(OC)c1OC. The Morgan fingerprint density at radius 3 is 2.32 bits per heavy atom. The van der Waals surface area contributed by atoms with Crippen molar-refractivity contribution in [2.75, 3.05) is 26.6 Å². The van der Waals surface area contributed by atoms with Gasteiger partial charge in [-0.1, -0.05) is 11.6 Å². The van der Waals surface area contributed by atoms with Crippen LogP contribution in [0.4, 0.5) is 5.82 Å². The lowest BCUT2D eigenvalue weighted by Gasteiger charge is -2.15. The normalized spacial score (nSPS) is 10.0. The largest absolute Gasteiger partial charge is 0.493 e. The second-order valence-electron chi connectivity index (χ2n) is 4.20. The first-order valence-electron chi connectivity index (χ1n) is 6.32.